The van der Waals surface area contributed by atoms with Crippen LogP contribution in [-0.4, -0.2) is 43.0 Å². The van der Waals surface area contributed by atoms with E-state index in [4.69, 9.17) is 0 Å². The van der Waals surface area contributed by atoms with Gasteiger partial charge in [-0.15, -0.1) is 0 Å². The fourth-order valence-corrected chi connectivity index (χ4v) is 2.76. The predicted molar refractivity (Wildman–Crippen MR) is 71.3 cm³/mol. The zero-order valence-electron chi connectivity index (χ0n) is 10.9. The van der Waals surface area contributed by atoms with Gasteiger partial charge in [0.15, 0.2) is 0 Å². The second-order valence-electron chi connectivity index (χ2n) is 5.06. The molecule has 1 fully saturated rings. The minimum Gasteiger partial charge on any atom is -0.358 e. The fourth-order valence-electron chi connectivity index (χ4n) is 2.76. The highest BCUT2D eigenvalue weighted by atomic mass is 16.1. The van der Waals surface area contributed by atoms with Gasteiger partial charge >= 0.3 is 0 Å². The first-order valence-electron chi connectivity index (χ1n) is 6.56. The summed E-state index contributed by atoms with van der Waals surface area (Å²) in [5.41, 5.74) is 1.24. The zero-order chi connectivity index (χ0) is 12.8. The number of aromatic nitrogens is 1. The molecule has 1 atom stereocenters. The summed E-state index contributed by atoms with van der Waals surface area (Å²) < 4.78 is 0. The number of carbonyl (C=O) groups is 1. The molecule has 0 radical (unpaired) electrons. The van der Waals surface area contributed by atoms with E-state index < -0.39 is 0 Å². The molecular formula is C14H21N3O. The van der Waals surface area contributed by atoms with E-state index in [9.17, 15) is 4.79 Å². The molecule has 0 aromatic carbocycles. The summed E-state index contributed by atoms with van der Waals surface area (Å²) >= 11 is 0. The number of amides is 1. The number of carbonyl (C=O) groups excluding carboxylic acids is 1. The second kappa shape index (κ2) is 6.50. The van der Waals surface area contributed by atoms with E-state index in [1.165, 1.54) is 18.4 Å². The minimum atomic E-state index is 0.387. The topological polar surface area (TPSA) is 45.2 Å². The van der Waals surface area contributed by atoms with Crippen LogP contribution in [0.4, 0.5) is 0 Å². The van der Waals surface area contributed by atoms with Crippen LogP contribution in [0.3, 0.4) is 0 Å². The molecule has 18 heavy (non-hydrogen) atoms. The minimum absolute atomic E-state index is 0.387. The lowest BCUT2D eigenvalue weighted by Gasteiger charge is -2.34. The van der Waals surface area contributed by atoms with Gasteiger partial charge in [-0.2, -0.15) is 0 Å². The van der Waals surface area contributed by atoms with E-state index in [-0.39, 0.29) is 0 Å². The quantitative estimate of drug-likeness (QED) is 0.797. The molecular weight excluding hydrogens is 226 g/mol. The molecule has 4 heteroatoms. The van der Waals surface area contributed by atoms with Gasteiger partial charge in [0.05, 0.1) is 0 Å². The van der Waals surface area contributed by atoms with E-state index in [1.807, 2.05) is 12.3 Å². The van der Waals surface area contributed by atoms with Crippen LogP contribution in [0, 0.1) is 5.92 Å². The number of pyridine rings is 1. The molecule has 0 bridgehead atoms. The third kappa shape index (κ3) is 3.29. The lowest BCUT2D eigenvalue weighted by atomic mass is 9.80. The molecule has 0 aliphatic carbocycles. The Kier molecular flexibility index (Phi) is 4.70. The van der Waals surface area contributed by atoms with Gasteiger partial charge in [-0.3, -0.25) is 9.78 Å². The summed E-state index contributed by atoms with van der Waals surface area (Å²) in [5, 5.41) is 2.83. The molecule has 1 aliphatic rings. The Morgan fingerprint density at radius 3 is 2.94 bits per heavy atom. The van der Waals surface area contributed by atoms with Gasteiger partial charge in [0.2, 0.25) is 6.41 Å². The maximum absolute atomic E-state index is 10.5. The van der Waals surface area contributed by atoms with E-state index in [1.54, 1.807) is 6.20 Å². The highest BCUT2D eigenvalue weighted by Crippen LogP contribution is 2.31. The summed E-state index contributed by atoms with van der Waals surface area (Å²) in [4.78, 5) is 17.1. The fraction of sp³-hybridized carbons (Fsp3) is 0.571. The second-order valence-corrected chi connectivity index (χ2v) is 5.06. The van der Waals surface area contributed by atoms with Gasteiger partial charge in [0.25, 0.3) is 0 Å². The number of rotatable bonds is 5. The molecule has 1 saturated heterocycles. The van der Waals surface area contributed by atoms with Crippen LogP contribution in [0.15, 0.2) is 24.5 Å². The van der Waals surface area contributed by atoms with Gasteiger partial charge < -0.3 is 10.2 Å². The van der Waals surface area contributed by atoms with Crippen LogP contribution < -0.4 is 5.32 Å². The molecule has 4 nitrogen and oxygen atoms in total. The Hall–Kier alpha value is -1.42. The number of likely N-dealkylation sites (tertiary alicyclic amines) is 1. The van der Waals surface area contributed by atoms with E-state index >= 15 is 0 Å². The molecule has 1 aromatic heterocycles. The first-order chi connectivity index (χ1) is 8.81. The largest absolute Gasteiger partial charge is 0.358 e. The van der Waals surface area contributed by atoms with Crippen molar-refractivity contribution in [3.05, 3.63) is 30.1 Å². The number of nitrogens with zero attached hydrogens (tertiary/aromatic N) is 2. The van der Waals surface area contributed by atoms with Crippen molar-refractivity contribution in [2.24, 2.45) is 5.92 Å². The molecule has 1 aromatic rings. The van der Waals surface area contributed by atoms with Crippen molar-refractivity contribution in [1.82, 2.24) is 15.2 Å². The van der Waals surface area contributed by atoms with Crippen LogP contribution in [-0.2, 0) is 4.79 Å². The predicted octanol–water partition coefficient (Wildman–Crippen LogP) is 1.25. The van der Waals surface area contributed by atoms with Crippen molar-refractivity contribution in [3.63, 3.8) is 0 Å². The highest BCUT2D eigenvalue weighted by Gasteiger charge is 2.26. The normalized spacial score (nSPS) is 19.4. The third-order valence-electron chi connectivity index (χ3n) is 3.87. The van der Waals surface area contributed by atoms with Crippen molar-refractivity contribution in [1.29, 1.82) is 0 Å². The van der Waals surface area contributed by atoms with Crippen molar-refractivity contribution in [2.75, 3.05) is 26.7 Å². The third-order valence-corrected chi connectivity index (χ3v) is 3.87. The Bertz CT molecular complexity index is 361. The summed E-state index contributed by atoms with van der Waals surface area (Å²) in [5.74, 6) is 1.02. The van der Waals surface area contributed by atoms with Crippen LogP contribution in [0.25, 0.3) is 0 Å². The van der Waals surface area contributed by atoms with Gasteiger partial charge in [0, 0.05) is 24.9 Å². The summed E-state index contributed by atoms with van der Waals surface area (Å²) in [6.07, 6.45) is 6.89. The van der Waals surface area contributed by atoms with E-state index in [0.29, 0.717) is 18.4 Å². The number of piperidine rings is 1. The molecule has 1 amide bonds. The molecule has 2 rings (SSSR count). The highest BCUT2D eigenvalue weighted by molar-refractivity contribution is 5.46. The standard InChI is InChI=1S/C14H21N3O/c1-17-7-4-12(5-8-17)14(10-16-11-18)13-3-2-6-15-9-13/h2-3,6,9,11-12,14H,4-5,7-8,10H2,1H3,(H,16,18). The van der Waals surface area contributed by atoms with Gasteiger partial charge in [-0.05, 0) is 50.5 Å². The maximum Gasteiger partial charge on any atom is 0.207 e. The molecule has 98 valence electrons. The molecule has 1 N–H and O–H groups in total. The van der Waals surface area contributed by atoms with Gasteiger partial charge in [0.1, 0.15) is 0 Å². The van der Waals surface area contributed by atoms with Gasteiger partial charge in [-0.25, -0.2) is 0 Å². The Morgan fingerprint density at radius 2 is 2.33 bits per heavy atom. The van der Waals surface area contributed by atoms with Crippen LogP contribution in [0.2, 0.25) is 0 Å². The molecule has 1 aliphatic heterocycles. The monoisotopic (exact) mass is 247 g/mol. The zero-order valence-corrected chi connectivity index (χ0v) is 10.9. The lowest BCUT2D eigenvalue weighted by Crippen LogP contribution is -2.35. The Morgan fingerprint density at radius 1 is 1.56 bits per heavy atom. The maximum atomic E-state index is 10.5. The van der Waals surface area contributed by atoms with Crippen molar-refractivity contribution >= 4 is 6.41 Å². The Balaban J connectivity index is 2.07. The van der Waals surface area contributed by atoms with Gasteiger partial charge in [-0.1, -0.05) is 6.07 Å². The number of hydrogen-bond donors (Lipinski definition) is 1. The lowest BCUT2D eigenvalue weighted by molar-refractivity contribution is -0.109. The van der Waals surface area contributed by atoms with Crippen molar-refractivity contribution < 1.29 is 4.79 Å². The first kappa shape index (κ1) is 13.0. The smallest absolute Gasteiger partial charge is 0.207 e. The summed E-state index contributed by atoms with van der Waals surface area (Å²) in [7, 11) is 2.17. The van der Waals surface area contributed by atoms with Crippen LogP contribution in [0.5, 0.6) is 0 Å². The molecule has 2 heterocycles. The molecule has 0 saturated carbocycles. The van der Waals surface area contributed by atoms with Crippen molar-refractivity contribution in [3.8, 4) is 0 Å². The van der Waals surface area contributed by atoms with Crippen LogP contribution >= 0.6 is 0 Å². The summed E-state index contributed by atoms with van der Waals surface area (Å²) in [6, 6.07) is 4.08. The van der Waals surface area contributed by atoms with E-state index in [2.05, 4.69) is 28.3 Å². The number of nitrogens with one attached hydrogen (secondary N) is 1. The average Bonchev–Trinajstić information content (AvgIpc) is 2.42. The first-order valence-corrected chi connectivity index (χ1v) is 6.56. The Labute approximate surface area is 108 Å². The number of hydrogen-bond acceptors (Lipinski definition) is 3. The van der Waals surface area contributed by atoms with Crippen LogP contribution in [0.1, 0.15) is 24.3 Å². The average molecular weight is 247 g/mol. The summed E-state index contributed by atoms with van der Waals surface area (Å²) in [6.45, 7) is 2.99. The van der Waals surface area contributed by atoms with E-state index in [0.717, 1.165) is 19.5 Å². The SMILES string of the molecule is CN1CCC(C(CNC=O)c2cccnc2)CC1. The van der Waals surface area contributed by atoms with Crippen molar-refractivity contribution in [2.45, 2.75) is 18.8 Å². The molecule has 0 spiro atoms. The molecule has 1 unspecified atom stereocenters.